The molecule has 2 atom stereocenters. The molecule has 0 fully saturated rings. The summed E-state index contributed by atoms with van der Waals surface area (Å²) in [6, 6.07) is 2.08. The topological polar surface area (TPSA) is 23.5 Å². The first-order valence-electron chi connectivity index (χ1n) is 5.32. The van der Waals surface area contributed by atoms with Gasteiger partial charge in [-0.05, 0) is 51.4 Å². The summed E-state index contributed by atoms with van der Waals surface area (Å²) in [5, 5.41) is 12.4. The highest BCUT2D eigenvalue weighted by molar-refractivity contribution is 7.10. The van der Waals surface area contributed by atoms with Crippen LogP contribution in [0.3, 0.4) is 0 Å². The lowest BCUT2D eigenvalue weighted by molar-refractivity contribution is 0.00110. The van der Waals surface area contributed by atoms with Crippen molar-refractivity contribution in [2.75, 3.05) is 14.1 Å². The van der Waals surface area contributed by atoms with E-state index in [1.165, 1.54) is 4.88 Å². The quantitative estimate of drug-likeness (QED) is 0.855. The molecule has 0 bridgehead atoms. The largest absolute Gasteiger partial charge is 0.386 e. The van der Waals surface area contributed by atoms with Crippen LogP contribution in [0.25, 0.3) is 0 Å². The van der Waals surface area contributed by atoms with Crippen LogP contribution in [-0.4, -0.2) is 29.6 Å². The highest BCUT2D eigenvalue weighted by Gasteiger charge is 2.34. The van der Waals surface area contributed by atoms with E-state index in [4.69, 9.17) is 0 Å². The van der Waals surface area contributed by atoms with Crippen molar-refractivity contribution in [1.82, 2.24) is 4.90 Å². The zero-order valence-corrected chi connectivity index (χ0v) is 11.1. The maximum Gasteiger partial charge on any atom is 0.0978 e. The number of likely N-dealkylation sites (N-methyl/N-ethyl adjacent to an activating group) is 1. The molecule has 0 saturated heterocycles. The first kappa shape index (κ1) is 12.7. The molecule has 3 heteroatoms. The minimum atomic E-state index is -0.414. The molecule has 0 radical (unpaired) electrons. The fourth-order valence-corrected chi connectivity index (χ4v) is 2.44. The summed E-state index contributed by atoms with van der Waals surface area (Å²) in [4.78, 5) is 3.35. The van der Waals surface area contributed by atoms with Gasteiger partial charge in [-0.1, -0.05) is 6.92 Å². The summed E-state index contributed by atoms with van der Waals surface area (Å²) in [6.07, 6.45) is 0.512. The Hall–Kier alpha value is -0.380. The second-order valence-electron chi connectivity index (χ2n) is 4.50. The smallest absolute Gasteiger partial charge is 0.0978 e. The Morgan fingerprint density at radius 2 is 2.13 bits per heavy atom. The van der Waals surface area contributed by atoms with Gasteiger partial charge in [-0.15, -0.1) is 11.3 Å². The van der Waals surface area contributed by atoms with Crippen molar-refractivity contribution in [2.45, 2.75) is 38.8 Å². The van der Waals surface area contributed by atoms with E-state index in [2.05, 4.69) is 37.1 Å². The third kappa shape index (κ3) is 2.41. The van der Waals surface area contributed by atoms with E-state index < -0.39 is 6.10 Å². The van der Waals surface area contributed by atoms with Crippen LogP contribution in [0.15, 0.2) is 11.4 Å². The summed E-state index contributed by atoms with van der Waals surface area (Å²) in [5.74, 6) is 0. The summed E-state index contributed by atoms with van der Waals surface area (Å²) >= 11 is 1.69. The van der Waals surface area contributed by atoms with Crippen LogP contribution < -0.4 is 0 Å². The number of thiophene rings is 1. The molecule has 0 aliphatic heterocycles. The van der Waals surface area contributed by atoms with Crippen LogP contribution in [0.2, 0.25) is 0 Å². The van der Waals surface area contributed by atoms with Gasteiger partial charge >= 0.3 is 0 Å². The van der Waals surface area contributed by atoms with E-state index in [1.54, 1.807) is 11.3 Å². The Kier molecular flexibility index (Phi) is 3.93. The number of aryl methyl sites for hydroxylation is 1. The van der Waals surface area contributed by atoms with Crippen molar-refractivity contribution in [1.29, 1.82) is 0 Å². The Balaban J connectivity index is 2.96. The first-order chi connectivity index (χ1) is 6.91. The van der Waals surface area contributed by atoms with Gasteiger partial charge in [-0.3, -0.25) is 0 Å². The monoisotopic (exact) mass is 227 g/mol. The predicted octanol–water partition coefficient (Wildman–Crippen LogP) is 2.82. The van der Waals surface area contributed by atoms with E-state index in [9.17, 15) is 5.11 Å². The van der Waals surface area contributed by atoms with Crippen molar-refractivity contribution in [2.24, 2.45) is 0 Å². The highest BCUT2D eigenvalue weighted by atomic mass is 32.1. The van der Waals surface area contributed by atoms with Crippen LogP contribution in [-0.2, 0) is 0 Å². The van der Waals surface area contributed by atoms with Gasteiger partial charge in [-0.25, -0.2) is 0 Å². The maximum absolute atomic E-state index is 10.4. The molecular weight excluding hydrogens is 206 g/mol. The second kappa shape index (κ2) is 4.64. The molecule has 15 heavy (non-hydrogen) atoms. The fraction of sp³-hybridized carbons (Fsp3) is 0.667. The number of aliphatic hydroxyl groups is 1. The van der Waals surface area contributed by atoms with Crippen LogP contribution in [0.1, 0.15) is 36.8 Å². The molecule has 0 aromatic carbocycles. The van der Waals surface area contributed by atoms with E-state index in [1.807, 2.05) is 14.1 Å². The zero-order chi connectivity index (χ0) is 11.6. The third-order valence-electron chi connectivity index (χ3n) is 3.39. The van der Waals surface area contributed by atoms with Gasteiger partial charge in [0.05, 0.1) is 6.10 Å². The van der Waals surface area contributed by atoms with E-state index in [0.29, 0.717) is 0 Å². The molecule has 1 aromatic rings. The molecule has 1 heterocycles. The van der Waals surface area contributed by atoms with Crippen molar-refractivity contribution in [3.8, 4) is 0 Å². The van der Waals surface area contributed by atoms with Gasteiger partial charge < -0.3 is 10.0 Å². The van der Waals surface area contributed by atoms with Gasteiger partial charge in [0.2, 0.25) is 0 Å². The average molecular weight is 227 g/mol. The summed E-state index contributed by atoms with van der Waals surface area (Å²) < 4.78 is 0. The number of hydrogen-bond donors (Lipinski definition) is 1. The van der Waals surface area contributed by atoms with Crippen LogP contribution in [0.4, 0.5) is 0 Å². The van der Waals surface area contributed by atoms with E-state index in [-0.39, 0.29) is 5.54 Å². The molecule has 1 aromatic heterocycles. The van der Waals surface area contributed by atoms with E-state index in [0.717, 1.165) is 12.0 Å². The Morgan fingerprint density at radius 3 is 2.47 bits per heavy atom. The first-order valence-corrected chi connectivity index (χ1v) is 6.20. The predicted molar refractivity (Wildman–Crippen MR) is 66.4 cm³/mol. The number of rotatable bonds is 4. The van der Waals surface area contributed by atoms with Crippen molar-refractivity contribution >= 4 is 11.3 Å². The summed E-state index contributed by atoms with van der Waals surface area (Å²) in [6.45, 7) is 6.28. The van der Waals surface area contributed by atoms with Crippen LogP contribution >= 0.6 is 11.3 Å². The van der Waals surface area contributed by atoms with Crippen LogP contribution in [0.5, 0.6) is 0 Å². The Labute approximate surface area is 96.5 Å². The number of aliphatic hydroxyl groups excluding tert-OH is 1. The molecule has 86 valence electrons. The molecule has 2 unspecified atom stereocenters. The second-order valence-corrected chi connectivity index (χ2v) is 5.61. The molecule has 0 amide bonds. The minimum Gasteiger partial charge on any atom is -0.386 e. The van der Waals surface area contributed by atoms with Crippen molar-refractivity contribution < 1.29 is 5.11 Å². The summed E-state index contributed by atoms with van der Waals surface area (Å²) in [5.41, 5.74) is 0.851. The Morgan fingerprint density at radius 1 is 1.53 bits per heavy atom. The Bertz CT molecular complexity index is 321. The molecule has 0 spiro atoms. The molecule has 0 aliphatic carbocycles. The molecule has 1 rings (SSSR count). The van der Waals surface area contributed by atoms with Gasteiger partial charge in [0, 0.05) is 10.4 Å². The fourth-order valence-electron chi connectivity index (χ4n) is 1.72. The SMILES string of the molecule is CCC(C)(C(O)c1csc(C)c1)N(C)C. The number of hydrogen-bond acceptors (Lipinski definition) is 3. The standard InChI is InChI=1S/C12H21NOS/c1-6-12(3,13(4)5)11(14)10-7-9(2)15-8-10/h7-8,11,14H,6H2,1-5H3. The van der Waals surface area contributed by atoms with Crippen molar-refractivity contribution in [3.63, 3.8) is 0 Å². The normalized spacial score (nSPS) is 17.8. The molecular formula is C12H21NOS. The molecule has 2 nitrogen and oxygen atoms in total. The lowest BCUT2D eigenvalue weighted by atomic mass is 9.87. The molecule has 0 aliphatic rings. The van der Waals surface area contributed by atoms with Gasteiger partial charge in [-0.2, -0.15) is 0 Å². The number of nitrogens with zero attached hydrogens (tertiary/aromatic N) is 1. The molecule has 0 saturated carbocycles. The minimum absolute atomic E-state index is 0.187. The zero-order valence-electron chi connectivity index (χ0n) is 10.2. The third-order valence-corrected chi connectivity index (χ3v) is 4.27. The summed E-state index contributed by atoms with van der Waals surface area (Å²) in [7, 11) is 4.04. The van der Waals surface area contributed by atoms with Gasteiger partial charge in [0.15, 0.2) is 0 Å². The average Bonchev–Trinajstić information content (AvgIpc) is 2.62. The molecule has 1 N–H and O–H groups in total. The van der Waals surface area contributed by atoms with Crippen LogP contribution in [0, 0.1) is 6.92 Å². The highest BCUT2D eigenvalue weighted by Crippen LogP contribution is 2.34. The maximum atomic E-state index is 10.4. The van der Waals surface area contributed by atoms with Gasteiger partial charge in [0.25, 0.3) is 0 Å². The lowest BCUT2D eigenvalue weighted by Crippen LogP contribution is -2.46. The van der Waals surface area contributed by atoms with E-state index >= 15 is 0 Å². The lowest BCUT2D eigenvalue weighted by Gasteiger charge is -2.39. The van der Waals surface area contributed by atoms with Crippen molar-refractivity contribution in [3.05, 3.63) is 21.9 Å². The van der Waals surface area contributed by atoms with Gasteiger partial charge in [0.1, 0.15) is 0 Å².